The van der Waals surface area contributed by atoms with E-state index >= 15 is 0 Å². The molecule has 1 unspecified atom stereocenters. The Balaban J connectivity index is 0. The van der Waals surface area contributed by atoms with Crippen LogP contribution in [0.3, 0.4) is 0 Å². The highest BCUT2D eigenvalue weighted by molar-refractivity contribution is 5.88. The van der Waals surface area contributed by atoms with E-state index < -0.39 is 0 Å². The van der Waals surface area contributed by atoms with Crippen LogP contribution >= 0.6 is 0 Å². The van der Waals surface area contributed by atoms with Gasteiger partial charge in [0.25, 0.3) is 0 Å². The van der Waals surface area contributed by atoms with E-state index in [9.17, 15) is 4.79 Å². The largest absolute Gasteiger partial charge is 0.311 e. The molecule has 140 valence electrons. The van der Waals surface area contributed by atoms with Gasteiger partial charge in [-0.05, 0) is 45.7 Å². The minimum Gasteiger partial charge on any atom is -0.311 e. The van der Waals surface area contributed by atoms with Crippen LogP contribution in [-0.2, 0) is 11.2 Å². The highest BCUT2D eigenvalue weighted by Crippen LogP contribution is 2.20. The highest BCUT2D eigenvalue weighted by atomic mass is 16.1. The van der Waals surface area contributed by atoms with Crippen molar-refractivity contribution in [2.24, 2.45) is 5.41 Å². The molecule has 24 heavy (non-hydrogen) atoms. The lowest BCUT2D eigenvalue weighted by molar-refractivity contribution is -0.128. The molecular weight excluding hydrogens is 294 g/mol. The second-order valence-corrected chi connectivity index (χ2v) is 6.84. The van der Waals surface area contributed by atoms with Crippen LogP contribution in [0.1, 0.15) is 78.0 Å². The van der Waals surface area contributed by atoms with Crippen LogP contribution in [0.5, 0.6) is 0 Å². The molecule has 0 aromatic heterocycles. The summed E-state index contributed by atoms with van der Waals surface area (Å²) in [4.78, 5) is 12.3. The second-order valence-electron chi connectivity index (χ2n) is 6.84. The van der Waals surface area contributed by atoms with Gasteiger partial charge in [0.05, 0.1) is 6.04 Å². The molecule has 0 saturated heterocycles. The first-order valence-electron chi connectivity index (χ1n) is 9.53. The lowest BCUT2D eigenvalue weighted by Crippen LogP contribution is -2.41. The number of nitrogens with one attached hydrogen (secondary N) is 1. The molecule has 0 aliphatic rings. The first kappa shape index (κ1) is 25.1. The zero-order valence-corrected chi connectivity index (χ0v) is 17.8. The molecular formula is C22H41NO. The number of likely N-dealkylation sites (N-methyl/N-ethyl adjacent to an activating group) is 1. The van der Waals surface area contributed by atoms with E-state index in [0.29, 0.717) is 5.78 Å². The Kier molecular flexibility index (Phi) is 13.8. The zero-order valence-electron chi connectivity index (χ0n) is 17.8. The monoisotopic (exact) mass is 335 g/mol. The Hall–Kier alpha value is -1.15. The Morgan fingerprint density at radius 3 is 1.83 bits per heavy atom. The third-order valence-electron chi connectivity index (χ3n) is 3.64. The van der Waals surface area contributed by atoms with Crippen LogP contribution in [-0.4, -0.2) is 18.9 Å². The predicted molar refractivity (Wildman–Crippen MR) is 109 cm³/mol. The first-order valence-corrected chi connectivity index (χ1v) is 9.53. The van der Waals surface area contributed by atoms with Crippen LogP contribution in [0.2, 0.25) is 0 Å². The van der Waals surface area contributed by atoms with E-state index in [0.717, 1.165) is 19.3 Å². The number of rotatable bonds is 6. The SMILES string of the molecule is CC.CC.CNC(CCCc1cc(C)cc(C)c1)C(=O)C(C)(C)C. The summed E-state index contributed by atoms with van der Waals surface area (Å²) in [6, 6.07) is 6.66. The van der Waals surface area contributed by atoms with Gasteiger partial charge in [-0.2, -0.15) is 0 Å². The van der Waals surface area contributed by atoms with E-state index in [1.165, 1.54) is 16.7 Å². The summed E-state index contributed by atoms with van der Waals surface area (Å²) in [5.41, 5.74) is 3.74. The van der Waals surface area contributed by atoms with E-state index in [2.05, 4.69) is 37.4 Å². The van der Waals surface area contributed by atoms with Crippen molar-refractivity contribution in [2.75, 3.05) is 7.05 Å². The molecule has 1 aromatic carbocycles. The van der Waals surface area contributed by atoms with E-state index in [1.54, 1.807) is 0 Å². The van der Waals surface area contributed by atoms with Crippen molar-refractivity contribution >= 4 is 5.78 Å². The number of hydrogen-bond donors (Lipinski definition) is 1. The van der Waals surface area contributed by atoms with Crippen molar-refractivity contribution < 1.29 is 4.79 Å². The first-order chi connectivity index (χ1) is 11.2. The van der Waals surface area contributed by atoms with E-state index in [-0.39, 0.29) is 11.5 Å². The third kappa shape index (κ3) is 9.87. The summed E-state index contributed by atoms with van der Waals surface area (Å²) in [6.07, 6.45) is 2.98. The molecule has 0 aliphatic heterocycles. The molecule has 0 bridgehead atoms. The number of carbonyl (C=O) groups excluding carboxylic acids is 1. The topological polar surface area (TPSA) is 29.1 Å². The fraction of sp³-hybridized carbons (Fsp3) is 0.682. The standard InChI is InChI=1S/C18H29NO.2C2H6/c1-13-10-14(2)12-15(11-13)8-7-9-16(19-6)17(20)18(3,4)5;2*1-2/h10-12,16,19H,7-9H2,1-6H3;2*1-2H3. The van der Waals surface area contributed by atoms with Crippen molar-refractivity contribution in [3.63, 3.8) is 0 Å². The number of ketones is 1. The summed E-state index contributed by atoms with van der Waals surface area (Å²) >= 11 is 0. The lowest BCUT2D eigenvalue weighted by Gasteiger charge is -2.24. The normalized spacial score (nSPS) is 11.6. The molecule has 0 amide bonds. The predicted octanol–water partition coefficient (Wildman–Crippen LogP) is 5.88. The van der Waals surface area contributed by atoms with Gasteiger partial charge >= 0.3 is 0 Å². The average Bonchev–Trinajstić information content (AvgIpc) is 2.53. The van der Waals surface area contributed by atoms with Crippen LogP contribution in [0.4, 0.5) is 0 Å². The number of carbonyl (C=O) groups is 1. The van der Waals surface area contributed by atoms with Gasteiger partial charge in [-0.1, -0.05) is 77.8 Å². The van der Waals surface area contributed by atoms with Crippen LogP contribution in [0.25, 0.3) is 0 Å². The maximum atomic E-state index is 12.3. The highest BCUT2D eigenvalue weighted by Gasteiger charge is 2.27. The lowest BCUT2D eigenvalue weighted by atomic mass is 9.84. The van der Waals surface area contributed by atoms with Gasteiger partial charge in [-0.15, -0.1) is 0 Å². The third-order valence-corrected chi connectivity index (χ3v) is 3.64. The second kappa shape index (κ2) is 13.2. The van der Waals surface area contributed by atoms with Gasteiger partial charge in [0.1, 0.15) is 0 Å². The maximum absolute atomic E-state index is 12.3. The van der Waals surface area contributed by atoms with Gasteiger partial charge in [0.15, 0.2) is 5.78 Å². The molecule has 2 heteroatoms. The minimum absolute atomic E-state index is 0.0269. The summed E-state index contributed by atoms with van der Waals surface area (Å²) in [6.45, 7) is 18.2. The molecule has 0 fully saturated rings. The van der Waals surface area contributed by atoms with Crippen LogP contribution in [0, 0.1) is 19.3 Å². The fourth-order valence-electron chi connectivity index (χ4n) is 2.65. The average molecular weight is 336 g/mol. The number of hydrogen-bond acceptors (Lipinski definition) is 2. The molecule has 1 N–H and O–H groups in total. The van der Waals surface area contributed by atoms with Gasteiger partial charge in [-0.25, -0.2) is 0 Å². The minimum atomic E-state index is -0.270. The number of aryl methyl sites for hydroxylation is 3. The molecule has 0 radical (unpaired) electrons. The molecule has 1 rings (SSSR count). The number of benzene rings is 1. The smallest absolute Gasteiger partial charge is 0.155 e. The van der Waals surface area contributed by atoms with Crippen molar-refractivity contribution in [3.05, 3.63) is 34.9 Å². The molecule has 1 aromatic rings. The molecule has 0 spiro atoms. The Labute approximate surface area is 151 Å². The molecule has 0 heterocycles. The van der Waals surface area contributed by atoms with Gasteiger partial charge < -0.3 is 5.32 Å². The van der Waals surface area contributed by atoms with Crippen molar-refractivity contribution in [3.8, 4) is 0 Å². The maximum Gasteiger partial charge on any atom is 0.155 e. The van der Waals surface area contributed by atoms with Crippen molar-refractivity contribution in [1.29, 1.82) is 0 Å². The summed E-state index contributed by atoms with van der Waals surface area (Å²) in [5.74, 6) is 0.306. The quantitative estimate of drug-likeness (QED) is 0.703. The van der Waals surface area contributed by atoms with Gasteiger partial charge in [0, 0.05) is 5.41 Å². The molecule has 1 atom stereocenters. The Bertz CT molecular complexity index is 437. The van der Waals surface area contributed by atoms with Crippen LogP contribution < -0.4 is 5.32 Å². The van der Waals surface area contributed by atoms with Crippen LogP contribution in [0.15, 0.2) is 18.2 Å². The molecule has 0 aliphatic carbocycles. The van der Waals surface area contributed by atoms with E-state index in [1.807, 2.05) is 55.5 Å². The van der Waals surface area contributed by atoms with Crippen molar-refractivity contribution in [2.45, 2.75) is 87.6 Å². The number of Topliss-reactive ketones (excluding diaryl/α,β-unsaturated/α-hetero) is 1. The Morgan fingerprint density at radius 1 is 1.00 bits per heavy atom. The molecule has 0 saturated carbocycles. The van der Waals surface area contributed by atoms with Gasteiger partial charge in [0.2, 0.25) is 0 Å². The summed E-state index contributed by atoms with van der Waals surface area (Å²) in [5, 5.41) is 3.17. The van der Waals surface area contributed by atoms with Crippen molar-refractivity contribution in [1.82, 2.24) is 5.32 Å². The fourth-order valence-corrected chi connectivity index (χ4v) is 2.65. The van der Waals surface area contributed by atoms with E-state index in [4.69, 9.17) is 0 Å². The molecule has 2 nitrogen and oxygen atoms in total. The zero-order chi connectivity index (χ0) is 19.3. The van der Waals surface area contributed by atoms with Gasteiger partial charge in [-0.3, -0.25) is 4.79 Å². The summed E-state index contributed by atoms with van der Waals surface area (Å²) < 4.78 is 0. The Morgan fingerprint density at radius 2 is 1.46 bits per heavy atom. The summed E-state index contributed by atoms with van der Waals surface area (Å²) in [7, 11) is 1.88.